The molecule has 0 amide bonds. The Morgan fingerprint density at radius 3 is 2.82 bits per heavy atom. The average molecular weight is 342 g/mol. The molecule has 2 aromatic rings. The van der Waals surface area contributed by atoms with E-state index < -0.39 is 0 Å². The molecule has 4 nitrogen and oxygen atoms in total. The molecule has 1 N–H and O–H groups in total. The fraction of sp³-hybridized carbons (Fsp3) is 0.167. The van der Waals surface area contributed by atoms with Crippen LogP contribution in [0.3, 0.4) is 0 Å². The number of halogens is 1. The summed E-state index contributed by atoms with van der Waals surface area (Å²) in [7, 11) is 0. The minimum absolute atomic E-state index is 0.179. The van der Waals surface area contributed by atoms with Gasteiger partial charge in [0.1, 0.15) is 16.4 Å². The molecule has 2 rings (SSSR count). The van der Waals surface area contributed by atoms with Gasteiger partial charge in [0.05, 0.1) is 0 Å². The summed E-state index contributed by atoms with van der Waals surface area (Å²) in [5.74, 6) is 0.392. The lowest BCUT2D eigenvalue weighted by atomic mass is 10.2. The number of carbonyl (C=O) groups excluding carboxylic acids is 1. The maximum absolute atomic E-state index is 11.8. The predicted molar refractivity (Wildman–Crippen MR) is 71.6 cm³/mol. The number of ether oxygens (including phenoxy) is 1. The molecule has 0 saturated carbocycles. The Morgan fingerprint density at radius 2 is 2.18 bits per heavy atom. The summed E-state index contributed by atoms with van der Waals surface area (Å²) in [4.78, 5) is 18.6. The lowest BCUT2D eigenvalue weighted by Crippen LogP contribution is -2.11. The van der Waals surface area contributed by atoms with Gasteiger partial charge in [-0.05, 0) is 5.56 Å². The van der Waals surface area contributed by atoms with Crippen LogP contribution in [0.1, 0.15) is 15.3 Å². The maximum Gasteiger partial charge on any atom is 0.323 e. The molecule has 0 fully saturated rings. The van der Waals surface area contributed by atoms with Crippen molar-refractivity contribution in [3.63, 3.8) is 0 Å². The van der Waals surface area contributed by atoms with Crippen molar-refractivity contribution in [3.05, 3.63) is 54.1 Å². The summed E-state index contributed by atoms with van der Waals surface area (Å²) in [5.41, 5.74) is 0.942. The Bertz CT molecular complexity index is 471. The number of aromatic amines is 1. The monoisotopic (exact) mass is 342 g/mol. The number of aromatic nitrogens is 2. The molecule has 0 bridgehead atoms. The lowest BCUT2D eigenvalue weighted by Gasteiger charge is -2.09. The molecule has 0 aliphatic carbocycles. The summed E-state index contributed by atoms with van der Waals surface area (Å²) < 4.78 is 4.87. The number of nitrogens with zero attached hydrogens (tertiary/aromatic N) is 1. The summed E-state index contributed by atoms with van der Waals surface area (Å²) >= 11 is 2.07. The first kappa shape index (κ1) is 12.1. The molecule has 0 aliphatic rings. The average Bonchev–Trinajstić information content (AvgIpc) is 2.89. The molecular formula is C12H11IN2O2. The largest absolute Gasteiger partial charge is 0.456 e. The summed E-state index contributed by atoms with van der Waals surface area (Å²) in [6.07, 6.45) is 3.32. The van der Waals surface area contributed by atoms with Crippen LogP contribution in [-0.4, -0.2) is 15.9 Å². The molecule has 1 unspecified atom stereocenters. The minimum atomic E-state index is -0.288. The Balaban J connectivity index is 1.92. The number of imidazole rings is 1. The fourth-order valence-electron chi connectivity index (χ4n) is 1.35. The molecule has 0 aliphatic heterocycles. The molecule has 0 radical (unpaired) electrons. The second-order valence-corrected chi connectivity index (χ2v) is 4.66. The standard InChI is InChI=1S/C12H11IN2O2/c13-11(9-4-2-1-3-5-9)12(16)17-8-10-14-6-7-15-10/h1-7,11H,8H2,(H,14,15). The van der Waals surface area contributed by atoms with Crippen molar-refractivity contribution >= 4 is 28.6 Å². The third-order valence-corrected chi connectivity index (χ3v) is 3.43. The number of esters is 1. The predicted octanol–water partition coefficient (Wildman–Crippen LogP) is 2.63. The van der Waals surface area contributed by atoms with Crippen LogP contribution in [0.15, 0.2) is 42.7 Å². The molecule has 0 spiro atoms. The van der Waals surface area contributed by atoms with E-state index in [1.54, 1.807) is 12.4 Å². The van der Waals surface area contributed by atoms with Crippen LogP contribution in [0.4, 0.5) is 0 Å². The second-order valence-electron chi connectivity index (χ2n) is 3.42. The first-order valence-electron chi connectivity index (χ1n) is 5.11. The zero-order valence-electron chi connectivity index (χ0n) is 8.97. The molecule has 88 valence electrons. The van der Waals surface area contributed by atoms with E-state index in [9.17, 15) is 4.79 Å². The molecule has 5 heteroatoms. The third-order valence-electron chi connectivity index (χ3n) is 2.21. The molecular weight excluding hydrogens is 331 g/mol. The van der Waals surface area contributed by atoms with Crippen molar-refractivity contribution in [1.29, 1.82) is 0 Å². The van der Waals surface area contributed by atoms with E-state index in [1.807, 2.05) is 30.3 Å². The van der Waals surface area contributed by atoms with Gasteiger partial charge in [-0.25, -0.2) is 4.98 Å². The number of alkyl halides is 1. The van der Waals surface area contributed by atoms with E-state index in [1.165, 1.54) is 0 Å². The highest BCUT2D eigenvalue weighted by Crippen LogP contribution is 2.24. The van der Waals surface area contributed by atoms with Crippen LogP contribution < -0.4 is 0 Å². The highest BCUT2D eigenvalue weighted by Gasteiger charge is 2.18. The highest BCUT2D eigenvalue weighted by atomic mass is 127. The summed E-state index contributed by atoms with van der Waals surface area (Å²) in [5, 5.41) is 0. The van der Waals surface area contributed by atoms with Gasteiger partial charge in [0.15, 0.2) is 0 Å². The topological polar surface area (TPSA) is 55.0 Å². The van der Waals surface area contributed by atoms with Gasteiger partial charge in [-0.15, -0.1) is 0 Å². The van der Waals surface area contributed by atoms with Gasteiger partial charge < -0.3 is 9.72 Å². The quantitative estimate of drug-likeness (QED) is 0.528. The van der Waals surface area contributed by atoms with Crippen molar-refractivity contribution in [3.8, 4) is 0 Å². The number of H-pyrrole nitrogens is 1. The Hall–Kier alpha value is -1.37. The minimum Gasteiger partial charge on any atom is -0.456 e. The van der Waals surface area contributed by atoms with Crippen LogP contribution in [0.5, 0.6) is 0 Å². The van der Waals surface area contributed by atoms with E-state index in [2.05, 4.69) is 32.6 Å². The van der Waals surface area contributed by atoms with Gasteiger partial charge in [-0.2, -0.15) is 0 Å². The maximum atomic E-state index is 11.8. The molecule has 1 atom stereocenters. The molecule has 1 aromatic heterocycles. The van der Waals surface area contributed by atoms with E-state index in [4.69, 9.17) is 4.74 Å². The van der Waals surface area contributed by atoms with Gasteiger partial charge in [0, 0.05) is 12.4 Å². The van der Waals surface area contributed by atoms with Crippen molar-refractivity contribution in [2.75, 3.05) is 0 Å². The first-order valence-corrected chi connectivity index (χ1v) is 6.36. The second kappa shape index (κ2) is 5.81. The molecule has 1 heterocycles. The van der Waals surface area contributed by atoms with E-state index in [0.717, 1.165) is 5.56 Å². The SMILES string of the molecule is O=C(OCc1ncc[nH]1)C(I)c1ccccc1. The van der Waals surface area contributed by atoms with Crippen LogP contribution in [0, 0.1) is 0 Å². The van der Waals surface area contributed by atoms with Gasteiger partial charge in [0.2, 0.25) is 0 Å². The summed E-state index contributed by atoms with van der Waals surface area (Å²) in [6.45, 7) is 0.179. The van der Waals surface area contributed by atoms with Crippen molar-refractivity contribution in [2.24, 2.45) is 0 Å². The van der Waals surface area contributed by atoms with E-state index in [-0.39, 0.29) is 16.5 Å². The number of hydrogen-bond donors (Lipinski definition) is 1. The zero-order chi connectivity index (χ0) is 12.1. The number of rotatable bonds is 4. The lowest BCUT2D eigenvalue weighted by molar-refractivity contribution is -0.144. The van der Waals surface area contributed by atoms with Gasteiger partial charge >= 0.3 is 5.97 Å². The van der Waals surface area contributed by atoms with E-state index in [0.29, 0.717) is 5.82 Å². The van der Waals surface area contributed by atoms with E-state index >= 15 is 0 Å². The fourth-order valence-corrected chi connectivity index (χ4v) is 1.94. The number of hydrogen-bond acceptors (Lipinski definition) is 3. The van der Waals surface area contributed by atoms with Gasteiger partial charge in [0.25, 0.3) is 0 Å². The highest BCUT2D eigenvalue weighted by molar-refractivity contribution is 14.1. The van der Waals surface area contributed by atoms with Crippen LogP contribution >= 0.6 is 22.6 Å². The van der Waals surface area contributed by atoms with Crippen molar-refractivity contribution in [1.82, 2.24) is 9.97 Å². The zero-order valence-corrected chi connectivity index (χ0v) is 11.1. The number of nitrogens with one attached hydrogen (secondary N) is 1. The van der Waals surface area contributed by atoms with Crippen molar-refractivity contribution in [2.45, 2.75) is 10.5 Å². The first-order chi connectivity index (χ1) is 8.27. The number of benzene rings is 1. The van der Waals surface area contributed by atoms with Crippen LogP contribution in [0.2, 0.25) is 0 Å². The smallest absolute Gasteiger partial charge is 0.323 e. The van der Waals surface area contributed by atoms with Gasteiger partial charge in [-0.1, -0.05) is 52.9 Å². The van der Waals surface area contributed by atoms with Crippen molar-refractivity contribution < 1.29 is 9.53 Å². The van der Waals surface area contributed by atoms with Crippen LogP contribution in [-0.2, 0) is 16.1 Å². The Morgan fingerprint density at radius 1 is 1.41 bits per heavy atom. The Labute approximate surface area is 113 Å². The normalized spacial score (nSPS) is 12.1. The Kier molecular flexibility index (Phi) is 4.13. The number of carbonyl (C=O) groups is 1. The molecule has 17 heavy (non-hydrogen) atoms. The molecule has 0 saturated heterocycles. The van der Waals surface area contributed by atoms with Gasteiger partial charge in [-0.3, -0.25) is 4.79 Å². The third kappa shape index (κ3) is 3.29. The molecule has 1 aromatic carbocycles. The van der Waals surface area contributed by atoms with Crippen LogP contribution in [0.25, 0.3) is 0 Å². The summed E-state index contributed by atoms with van der Waals surface area (Å²) in [6, 6.07) is 9.54.